The van der Waals surface area contributed by atoms with Crippen LogP contribution in [0.2, 0.25) is 0 Å². The standard InChI is InChI=1S/C15H22BrFN2/c1-11(2)19(10-13-4-3-7-18-13)9-12-5-6-14(16)15(17)8-12/h5-6,8,11,13,18H,3-4,7,9-10H2,1-2H3. The van der Waals surface area contributed by atoms with Crippen molar-refractivity contribution in [3.63, 3.8) is 0 Å². The minimum Gasteiger partial charge on any atom is -0.313 e. The van der Waals surface area contributed by atoms with E-state index in [1.165, 1.54) is 12.8 Å². The van der Waals surface area contributed by atoms with Gasteiger partial charge in [-0.15, -0.1) is 0 Å². The van der Waals surface area contributed by atoms with Gasteiger partial charge in [-0.3, -0.25) is 4.90 Å². The molecule has 0 bridgehead atoms. The second-order valence-corrected chi connectivity index (χ2v) is 6.42. The van der Waals surface area contributed by atoms with E-state index in [0.29, 0.717) is 16.6 Å². The average Bonchev–Trinajstić information content (AvgIpc) is 2.86. The second-order valence-electron chi connectivity index (χ2n) is 5.56. The Morgan fingerprint density at radius 1 is 1.47 bits per heavy atom. The Bertz CT molecular complexity index is 417. The number of nitrogens with zero attached hydrogens (tertiary/aromatic N) is 1. The van der Waals surface area contributed by atoms with E-state index in [0.717, 1.165) is 25.2 Å². The maximum Gasteiger partial charge on any atom is 0.137 e. The molecule has 1 aromatic rings. The van der Waals surface area contributed by atoms with Crippen LogP contribution in [0.4, 0.5) is 4.39 Å². The molecular formula is C15H22BrFN2. The fourth-order valence-electron chi connectivity index (χ4n) is 2.53. The summed E-state index contributed by atoms with van der Waals surface area (Å²) in [5, 5.41) is 3.52. The second kappa shape index (κ2) is 6.82. The highest BCUT2D eigenvalue weighted by Crippen LogP contribution is 2.19. The molecule has 1 saturated heterocycles. The van der Waals surface area contributed by atoms with Gasteiger partial charge in [-0.25, -0.2) is 4.39 Å². The van der Waals surface area contributed by atoms with Crippen LogP contribution in [-0.4, -0.2) is 30.1 Å². The van der Waals surface area contributed by atoms with Gasteiger partial charge in [0.2, 0.25) is 0 Å². The van der Waals surface area contributed by atoms with Crippen molar-refractivity contribution >= 4 is 15.9 Å². The van der Waals surface area contributed by atoms with Gasteiger partial charge in [-0.05, 0) is 66.9 Å². The van der Waals surface area contributed by atoms with Crippen molar-refractivity contribution in [1.29, 1.82) is 0 Å². The molecule has 1 fully saturated rings. The number of hydrogen-bond acceptors (Lipinski definition) is 2. The summed E-state index contributed by atoms with van der Waals surface area (Å²) in [4.78, 5) is 2.41. The Morgan fingerprint density at radius 2 is 2.26 bits per heavy atom. The Morgan fingerprint density at radius 3 is 2.84 bits per heavy atom. The Kier molecular flexibility index (Phi) is 5.37. The first kappa shape index (κ1) is 14.9. The molecule has 4 heteroatoms. The lowest BCUT2D eigenvalue weighted by Gasteiger charge is -2.29. The summed E-state index contributed by atoms with van der Waals surface area (Å²) in [6.07, 6.45) is 2.52. The molecule has 0 aromatic heterocycles. The Balaban J connectivity index is 2.00. The normalized spacial score (nSPS) is 19.6. The molecule has 0 radical (unpaired) electrons. The molecule has 19 heavy (non-hydrogen) atoms. The van der Waals surface area contributed by atoms with Crippen LogP contribution in [0.25, 0.3) is 0 Å². The summed E-state index contributed by atoms with van der Waals surface area (Å²) in [6, 6.07) is 6.46. The van der Waals surface area contributed by atoms with Crippen molar-refractivity contribution in [2.24, 2.45) is 0 Å². The SMILES string of the molecule is CC(C)N(Cc1ccc(Br)c(F)c1)CC1CCCN1. The van der Waals surface area contributed by atoms with Crippen molar-refractivity contribution in [3.8, 4) is 0 Å². The summed E-state index contributed by atoms with van der Waals surface area (Å²) in [6.45, 7) is 7.37. The monoisotopic (exact) mass is 328 g/mol. The van der Waals surface area contributed by atoms with E-state index in [1.807, 2.05) is 6.07 Å². The zero-order valence-electron chi connectivity index (χ0n) is 11.6. The quantitative estimate of drug-likeness (QED) is 0.889. The van der Waals surface area contributed by atoms with E-state index in [-0.39, 0.29) is 5.82 Å². The fraction of sp³-hybridized carbons (Fsp3) is 0.600. The largest absolute Gasteiger partial charge is 0.313 e. The van der Waals surface area contributed by atoms with E-state index in [9.17, 15) is 4.39 Å². The molecular weight excluding hydrogens is 307 g/mol. The van der Waals surface area contributed by atoms with Gasteiger partial charge >= 0.3 is 0 Å². The summed E-state index contributed by atoms with van der Waals surface area (Å²) >= 11 is 3.20. The fourth-order valence-corrected chi connectivity index (χ4v) is 2.77. The topological polar surface area (TPSA) is 15.3 Å². The highest BCUT2D eigenvalue weighted by atomic mass is 79.9. The summed E-state index contributed by atoms with van der Waals surface area (Å²) in [7, 11) is 0. The van der Waals surface area contributed by atoms with E-state index in [4.69, 9.17) is 0 Å². The van der Waals surface area contributed by atoms with E-state index < -0.39 is 0 Å². The van der Waals surface area contributed by atoms with Gasteiger partial charge in [0.15, 0.2) is 0 Å². The van der Waals surface area contributed by atoms with Crippen LogP contribution in [-0.2, 0) is 6.54 Å². The minimum atomic E-state index is -0.180. The van der Waals surface area contributed by atoms with Gasteiger partial charge in [0, 0.05) is 25.2 Å². The van der Waals surface area contributed by atoms with Gasteiger partial charge in [0.05, 0.1) is 4.47 Å². The number of benzene rings is 1. The van der Waals surface area contributed by atoms with E-state index in [1.54, 1.807) is 12.1 Å². The van der Waals surface area contributed by atoms with Crippen LogP contribution in [0.5, 0.6) is 0 Å². The summed E-state index contributed by atoms with van der Waals surface area (Å²) < 4.78 is 14.1. The van der Waals surface area contributed by atoms with Crippen LogP contribution in [0.1, 0.15) is 32.3 Å². The maximum absolute atomic E-state index is 13.6. The molecule has 1 aromatic carbocycles. The first-order chi connectivity index (χ1) is 9.06. The molecule has 1 unspecified atom stereocenters. The number of nitrogens with one attached hydrogen (secondary N) is 1. The number of rotatable bonds is 5. The van der Waals surface area contributed by atoms with Crippen molar-refractivity contribution < 1.29 is 4.39 Å². The predicted octanol–water partition coefficient (Wildman–Crippen LogP) is 3.55. The molecule has 106 valence electrons. The zero-order valence-corrected chi connectivity index (χ0v) is 13.2. The third-order valence-electron chi connectivity index (χ3n) is 3.72. The van der Waals surface area contributed by atoms with Crippen molar-refractivity contribution in [1.82, 2.24) is 10.2 Å². The first-order valence-corrected chi connectivity index (χ1v) is 7.77. The molecule has 1 atom stereocenters. The molecule has 1 aliphatic heterocycles. The van der Waals surface area contributed by atoms with Crippen LogP contribution < -0.4 is 5.32 Å². The third-order valence-corrected chi connectivity index (χ3v) is 4.36. The number of hydrogen-bond donors (Lipinski definition) is 1. The predicted molar refractivity (Wildman–Crippen MR) is 80.7 cm³/mol. The van der Waals surface area contributed by atoms with Crippen molar-refractivity contribution in [2.45, 2.75) is 45.3 Å². The van der Waals surface area contributed by atoms with Crippen LogP contribution in [0.15, 0.2) is 22.7 Å². The molecule has 0 saturated carbocycles. The van der Waals surface area contributed by atoms with Crippen molar-refractivity contribution in [3.05, 3.63) is 34.1 Å². The van der Waals surface area contributed by atoms with Gasteiger partial charge in [-0.1, -0.05) is 6.07 Å². The van der Waals surface area contributed by atoms with Crippen LogP contribution >= 0.6 is 15.9 Å². The lowest BCUT2D eigenvalue weighted by molar-refractivity contribution is 0.194. The van der Waals surface area contributed by atoms with Gasteiger partial charge in [0.1, 0.15) is 5.82 Å². The molecule has 0 aliphatic carbocycles. The van der Waals surface area contributed by atoms with E-state index in [2.05, 4.69) is 40.0 Å². The molecule has 2 nitrogen and oxygen atoms in total. The van der Waals surface area contributed by atoms with Crippen molar-refractivity contribution in [2.75, 3.05) is 13.1 Å². The van der Waals surface area contributed by atoms with Crippen LogP contribution in [0.3, 0.4) is 0 Å². The molecule has 1 aliphatic rings. The molecule has 0 amide bonds. The summed E-state index contributed by atoms with van der Waals surface area (Å²) in [5.74, 6) is -0.180. The lowest BCUT2D eigenvalue weighted by Crippen LogP contribution is -2.40. The van der Waals surface area contributed by atoms with Gasteiger partial charge in [0.25, 0.3) is 0 Å². The van der Waals surface area contributed by atoms with Gasteiger partial charge in [-0.2, -0.15) is 0 Å². The first-order valence-electron chi connectivity index (χ1n) is 6.97. The smallest absolute Gasteiger partial charge is 0.137 e. The highest BCUT2D eigenvalue weighted by molar-refractivity contribution is 9.10. The molecule has 1 N–H and O–H groups in total. The average molecular weight is 329 g/mol. The zero-order chi connectivity index (χ0) is 13.8. The molecule has 0 spiro atoms. The molecule has 1 heterocycles. The van der Waals surface area contributed by atoms with Crippen LogP contribution in [0, 0.1) is 5.82 Å². The number of halogens is 2. The summed E-state index contributed by atoms with van der Waals surface area (Å²) in [5.41, 5.74) is 1.03. The Labute approximate surface area is 123 Å². The minimum absolute atomic E-state index is 0.180. The maximum atomic E-state index is 13.6. The Hall–Kier alpha value is -0.450. The highest BCUT2D eigenvalue weighted by Gasteiger charge is 2.20. The van der Waals surface area contributed by atoms with Gasteiger partial charge < -0.3 is 5.32 Å². The van der Waals surface area contributed by atoms with E-state index >= 15 is 0 Å². The lowest BCUT2D eigenvalue weighted by atomic mass is 10.1. The molecule has 2 rings (SSSR count). The third kappa shape index (κ3) is 4.26.